The number of hydrogen-bond donors (Lipinski definition) is 0. The summed E-state index contributed by atoms with van der Waals surface area (Å²) in [5.41, 5.74) is 0. The van der Waals surface area contributed by atoms with Crippen molar-refractivity contribution >= 4 is 0 Å². The van der Waals surface area contributed by atoms with Crippen molar-refractivity contribution in [2.45, 2.75) is 26.7 Å². The number of para-hydroxylation sites is 1. The second-order valence-corrected chi connectivity index (χ2v) is 3.28. The Labute approximate surface area is 90.6 Å². The van der Waals surface area contributed by atoms with E-state index in [2.05, 4.69) is 0 Å². The molecule has 3 heteroatoms. The number of benzene rings is 1. The van der Waals surface area contributed by atoms with Crippen LogP contribution in [-0.4, -0.2) is 13.2 Å². The molecule has 1 rings (SSSR count). The lowest BCUT2D eigenvalue weighted by molar-refractivity contribution is 0.247. The van der Waals surface area contributed by atoms with E-state index in [0.717, 1.165) is 12.8 Å². The molecule has 0 aliphatic rings. The minimum Gasteiger partial charge on any atom is -0.489 e. The van der Waals surface area contributed by atoms with Crippen LogP contribution < -0.4 is 9.47 Å². The predicted octanol–water partition coefficient (Wildman–Crippen LogP) is 3.41. The van der Waals surface area contributed by atoms with E-state index >= 15 is 0 Å². The molecule has 0 unspecified atom stereocenters. The van der Waals surface area contributed by atoms with Crippen LogP contribution in [0.1, 0.15) is 26.7 Å². The van der Waals surface area contributed by atoms with Crippen LogP contribution in [0.2, 0.25) is 0 Å². The fraction of sp³-hybridized carbons (Fsp3) is 0.500. The second-order valence-electron chi connectivity index (χ2n) is 3.28. The average Bonchev–Trinajstić information content (AvgIpc) is 2.26. The van der Waals surface area contributed by atoms with Gasteiger partial charge in [0.1, 0.15) is 0 Å². The van der Waals surface area contributed by atoms with Gasteiger partial charge in [-0.2, -0.15) is 0 Å². The first-order valence-electron chi connectivity index (χ1n) is 5.35. The van der Waals surface area contributed by atoms with Crippen LogP contribution in [0.15, 0.2) is 18.2 Å². The summed E-state index contributed by atoms with van der Waals surface area (Å²) < 4.78 is 10.6. The molecule has 1 aromatic carbocycles. The second kappa shape index (κ2) is 6.17. The Morgan fingerprint density at radius 1 is 1.00 bits per heavy atom. The van der Waals surface area contributed by atoms with Gasteiger partial charge in [0, 0.05) is 0 Å². The van der Waals surface area contributed by atoms with Crippen LogP contribution in [0.3, 0.4) is 0 Å². The van der Waals surface area contributed by atoms with Crippen LogP contribution in [-0.2, 0) is 5.11 Å². The van der Waals surface area contributed by atoms with Gasteiger partial charge in [-0.25, -0.2) is 0 Å². The van der Waals surface area contributed by atoms with Gasteiger partial charge in [-0.15, -0.1) is 0 Å². The third-order valence-corrected chi connectivity index (χ3v) is 1.87. The van der Waals surface area contributed by atoms with Crippen LogP contribution in [0, 0.1) is 0 Å². The lowest BCUT2D eigenvalue weighted by Gasteiger charge is -2.09. The minimum atomic E-state index is -0.153. The first-order valence-corrected chi connectivity index (χ1v) is 5.35. The lowest BCUT2D eigenvalue weighted by atomic mass is 10.3. The maximum atomic E-state index is 11.7. The zero-order valence-electron chi connectivity index (χ0n) is 9.29. The van der Waals surface area contributed by atoms with Gasteiger partial charge in [0.05, 0.1) is 13.2 Å². The molecule has 0 fully saturated rings. The van der Waals surface area contributed by atoms with Crippen molar-refractivity contribution in [3.63, 3.8) is 0 Å². The summed E-state index contributed by atoms with van der Waals surface area (Å²) in [4.78, 5) is 0. The predicted molar refractivity (Wildman–Crippen MR) is 58.1 cm³/mol. The van der Waals surface area contributed by atoms with Gasteiger partial charge in [-0.1, -0.05) is 19.9 Å². The van der Waals surface area contributed by atoms with E-state index in [1.54, 1.807) is 18.2 Å². The molecule has 0 saturated heterocycles. The maximum absolute atomic E-state index is 11.7. The SMILES string of the molecule is CCCOc1cccc(OCCC)c1[O]. The average molecular weight is 209 g/mol. The Kier molecular flexibility index (Phi) is 4.81. The summed E-state index contributed by atoms with van der Waals surface area (Å²) in [6, 6.07) is 5.13. The van der Waals surface area contributed by atoms with E-state index in [-0.39, 0.29) is 5.75 Å². The van der Waals surface area contributed by atoms with E-state index in [9.17, 15) is 5.11 Å². The van der Waals surface area contributed by atoms with Gasteiger partial charge in [0.15, 0.2) is 11.5 Å². The molecule has 0 amide bonds. The van der Waals surface area contributed by atoms with Gasteiger partial charge in [0.2, 0.25) is 0 Å². The molecular formula is C12H17O3. The Balaban J connectivity index is 2.71. The molecule has 0 aliphatic heterocycles. The molecule has 1 aromatic rings. The summed E-state index contributed by atoms with van der Waals surface area (Å²) in [6.07, 6.45) is 1.78. The van der Waals surface area contributed by atoms with E-state index in [0.29, 0.717) is 24.7 Å². The minimum absolute atomic E-state index is 0.153. The Bertz CT molecular complexity index is 271. The molecule has 0 atom stereocenters. The third-order valence-electron chi connectivity index (χ3n) is 1.87. The van der Waals surface area contributed by atoms with Crippen molar-refractivity contribution in [3.8, 4) is 17.2 Å². The molecule has 0 heterocycles. The van der Waals surface area contributed by atoms with Crippen molar-refractivity contribution in [1.29, 1.82) is 0 Å². The van der Waals surface area contributed by atoms with Gasteiger partial charge < -0.3 is 9.47 Å². The van der Waals surface area contributed by atoms with E-state index in [1.165, 1.54) is 0 Å². The summed E-state index contributed by atoms with van der Waals surface area (Å²) >= 11 is 0. The normalized spacial score (nSPS) is 10.0. The summed E-state index contributed by atoms with van der Waals surface area (Å²) in [6.45, 7) is 5.13. The molecule has 0 spiro atoms. The maximum Gasteiger partial charge on any atom is 0.261 e. The van der Waals surface area contributed by atoms with Gasteiger partial charge in [-0.05, 0) is 25.0 Å². The smallest absolute Gasteiger partial charge is 0.261 e. The van der Waals surface area contributed by atoms with Crippen molar-refractivity contribution in [1.82, 2.24) is 0 Å². The number of ether oxygens (including phenoxy) is 2. The molecule has 3 nitrogen and oxygen atoms in total. The highest BCUT2D eigenvalue weighted by molar-refractivity contribution is 5.49. The Morgan fingerprint density at radius 3 is 1.87 bits per heavy atom. The molecule has 15 heavy (non-hydrogen) atoms. The van der Waals surface area contributed by atoms with Crippen molar-refractivity contribution in [2.24, 2.45) is 0 Å². The van der Waals surface area contributed by atoms with E-state index in [1.807, 2.05) is 13.8 Å². The fourth-order valence-electron chi connectivity index (χ4n) is 1.15. The topological polar surface area (TPSA) is 38.4 Å². The molecule has 0 saturated carbocycles. The van der Waals surface area contributed by atoms with Gasteiger partial charge in [0.25, 0.3) is 5.75 Å². The number of hydrogen-bond acceptors (Lipinski definition) is 2. The molecule has 0 aromatic heterocycles. The summed E-state index contributed by atoms with van der Waals surface area (Å²) in [5, 5.41) is 11.7. The highest BCUT2D eigenvalue weighted by Gasteiger charge is 2.10. The monoisotopic (exact) mass is 209 g/mol. The largest absolute Gasteiger partial charge is 0.489 e. The van der Waals surface area contributed by atoms with Crippen LogP contribution in [0.4, 0.5) is 0 Å². The van der Waals surface area contributed by atoms with Crippen molar-refractivity contribution in [2.75, 3.05) is 13.2 Å². The zero-order chi connectivity index (χ0) is 11.1. The molecule has 0 aliphatic carbocycles. The first kappa shape index (κ1) is 11.7. The van der Waals surface area contributed by atoms with Crippen molar-refractivity contribution < 1.29 is 14.6 Å². The van der Waals surface area contributed by atoms with Crippen LogP contribution in [0.5, 0.6) is 17.2 Å². The van der Waals surface area contributed by atoms with Gasteiger partial charge >= 0.3 is 0 Å². The van der Waals surface area contributed by atoms with Crippen LogP contribution in [0.25, 0.3) is 0 Å². The zero-order valence-corrected chi connectivity index (χ0v) is 9.29. The van der Waals surface area contributed by atoms with E-state index < -0.39 is 0 Å². The molecule has 0 bridgehead atoms. The Morgan fingerprint density at radius 2 is 1.47 bits per heavy atom. The first-order chi connectivity index (χ1) is 7.29. The fourth-order valence-corrected chi connectivity index (χ4v) is 1.15. The van der Waals surface area contributed by atoms with E-state index in [4.69, 9.17) is 9.47 Å². The van der Waals surface area contributed by atoms with Crippen LogP contribution >= 0.6 is 0 Å². The Hall–Kier alpha value is -1.38. The molecule has 83 valence electrons. The summed E-state index contributed by atoms with van der Waals surface area (Å²) in [7, 11) is 0. The van der Waals surface area contributed by atoms with Gasteiger partial charge in [-0.3, -0.25) is 5.11 Å². The summed E-state index contributed by atoms with van der Waals surface area (Å²) in [5.74, 6) is 0.607. The molecule has 1 radical (unpaired) electrons. The lowest BCUT2D eigenvalue weighted by Crippen LogP contribution is -1.98. The molecular weight excluding hydrogens is 192 g/mol. The molecule has 0 N–H and O–H groups in total. The standard InChI is InChI=1S/C12H17O3/c1-3-8-14-10-6-5-7-11(12(10)13)15-9-4-2/h5-7H,3-4,8-9H2,1-2H3. The quantitative estimate of drug-likeness (QED) is 0.720. The third kappa shape index (κ3) is 3.35. The number of rotatable bonds is 6. The van der Waals surface area contributed by atoms with Crippen molar-refractivity contribution in [3.05, 3.63) is 18.2 Å². The highest BCUT2D eigenvalue weighted by atomic mass is 16.5. The highest BCUT2D eigenvalue weighted by Crippen LogP contribution is 2.36.